The first-order valence-corrected chi connectivity index (χ1v) is 6.22. The summed E-state index contributed by atoms with van der Waals surface area (Å²) >= 11 is 0. The van der Waals surface area contributed by atoms with Crippen molar-refractivity contribution in [1.82, 2.24) is 5.32 Å². The number of hydrogen-bond donors (Lipinski definition) is 2. The zero-order valence-electron chi connectivity index (χ0n) is 11.3. The van der Waals surface area contributed by atoms with E-state index in [0.717, 1.165) is 6.42 Å². The van der Waals surface area contributed by atoms with Gasteiger partial charge in [0.1, 0.15) is 0 Å². The maximum Gasteiger partial charge on any atom is 0.0897 e. The molecule has 2 N–H and O–H groups in total. The molecule has 0 aliphatic heterocycles. The summed E-state index contributed by atoms with van der Waals surface area (Å²) in [6.07, 6.45) is 0.403. The van der Waals surface area contributed by atoms with Gasteiger partial charge in [-0.3, -0.25) is 0 Å². The van der Waals surface area contributed by atoms with Gasteiger partial charge in [-0.15, -0.1) is 0 Å². The Kier molecular flexibility index (Phi) is 12.1. The first kappa shape index (κ1) is 16.8. The van der Waals surface area contributed by atoms with E-state index >= 15 is 0 Å². The van der Waals surface area contributed by atoms with E-state index in [1.807, 2.05) is 13.8 Å². The molecule has 5 heteroatoms. The van der Waals surface area contributed by atoms with E-state index in [1.165, 1.54) is 0 Å². The molecule has 1 unspecified atom stereocenters. The van der Waals surface area contributed by atoms with E-state index < -0.39 is 6.10 Å². The second-order valence-corrected chi connectivity index (χ2v) is 4.25. The van der Waals surface area contributed by atoms with Crippen molar-refractivity contribution in [2.45, 2.75) is 32.4 Å². The van der Waals surface area contributed by atoms with Crippen LogP contribution in [0.1, 0.15) is 20.3 Å². The van der Waals surface area contributed by atoms with Crippen LogP contribution in [0, 0.1) is 0 Å². The van der Waals surface area contributed by atoms with Crippen LogP contribution in [0.5, 0.6) is 0 Å². The molecule has 0 saturated heterocycles. The lowest BCUT2D eigenvalue weighted by Gasteiger charge is -2.14. The molecule has 0 radical (unpaired) electrons. The Morgan fingerprint density at radius 2 is 1.76 bits per heavy atom. The van der Waals surface area contributed by atoms with Crippen molar-refractivity contribution in [3.8, 4) is 0 Å². The van der Waals surface area contributed by atoms with Gasteiger partial charge in [-0.05, 0) is 6.42 Å². The molecule has 0 saturated carbocycles. The molecular weight excluding hydrogens is 222 g/mol. The van der Waals surface area contributed by atoms with Gasteiger partial charge < -0.3 is 24.6 Å². The van der Waals surface area contributed by atoms with Crippen LogP contribution in [0.4, 0.5) is 0 Å². The molecule has 0 aliphatic carbocycles. The average Bonchev–Trinajstić information content (AvgIpc) is 2.30. The Hall–Kier alpha value is -0.200. The number of aliphatic hydroxyl groups is 1. The Morgan fingerprint density at radius 1 is 1.06 bits per heavy atom. The molecule has 0 aromatic heterocycles. The highest BCUT2D eigenvalue weighted by Crippen LogP contribution is 1.89. The largest absolute Gasteiger partial charge is 0.389 e. The van der Waals surface area contributed by atoms with Crippen LogP contribution in [0.3, 0.4) is 0 Å². The van der Waals surface area contributed by atoms with Gasteiger partial charge in [0.05, 0.1) is 25.9 Å². The molecule has 0 heterocycles. The lowest BCUT2D eigenvalue weighted by Crippen LogP contribution is -2.34. The smallest absolute Gasteiger partial charge is 0.0897 e. The van der Waals surface area contributed by atoms with Crippen molar-refractivity contribution in [3.05, 3.63) is 0 Å². The van der Waals surface area contributed by atoms with Gasteiger partial charge in [0.15, 0.2) is 0 Å². The summed E-state index contributed by atoms with van der Waals surface area (Å²) < 4.78 is 15.5. The second kappa shape index (κ2) is 12.3. The number of ether oxygens (including phenoxy) is 3. The van der Waals surface area contributed by atoms with E-state index in [0.29, 0.717) is 45.6 Å². The summed E-state index contributed by atoms with van der Waals surface area (Å²) in [5.41, 5.74) is 0. The Bertz CT molecular complexity index is 155. The third-order valence-corrected chi connectivity index (χ3v) is 2.08. The number of nitrogens with one attached hydrogen (secondary N) is 1. The highest BCUT2D eigenvalue weighted by molar-refractivity contribution is 4.60. The van der Waals surface area contributed by atoms with Crippen molar-refractivity contribution in [2.75, 3.05) is 46.7 Å². The number of hydrogen-bond acceptors (Lipinski definition) is 5. The maximum atomic E-state index is 9.54. The molecule has 17 heavy (non-hydrogen) atoms. The number of rotatable bonds is 12. The lowest BCUT2D eigenvalue weighted by atomic mass is 10.3. The molecule has 0 fully saturated rings. The van der Waals surface area contributed by atoms with Crippen molar-refractivity contribution in [3.63, 3.8) is 0 Å². The SMILES string of the molecule is COCCOCCCOCC(O)CNC(C)C. The van der Waals surface area contributed by atoms with Gasteiger partial charge >= 0.3 is 0 Å². The fourth-order valence-corrected chi connectivity index (χ4v) is 1.16. The zero-order valence-corrected chi connectivity index (χ0v) is 11.3. The van der Waals surface area contributed by atoms with Crippen molar-refractivity contribution in [1.29, 1.82) is 0 Å². The van der Waals surface area contributed by atoms with E-state index in [4.69, 9.17) is 14.2 Å². The molecule has 5 nitrogen and oxygen atoms in total. The number of methoxy groups -OCH3 is 1. The Balaban J connectivity index is 3.11. The van der Waals surface area contributed by atoms with Gasteiger partial charge in [0, 0.05) is 32.9 Å². The highest BCUT2D eigenvalue weighted by atomic mass is 16.5. The predicted octanol–water partition coefficient (Wildman–Crippen LogP) is 0.415. The third-order valence-electron chi connectivity index (χ3n) is 2.08. The molecule has 0 spiro atoms. The van der Waals surface area contributed by atoms with Crippen LogP contribution in [0.25, 0.3) is 0 Å². The van der Waals surface area contributed by atoms with Crippen LogP contribution >= 0.6 is 0 Å². The summed E-state index contributed by atoms with van der Waals surface area (Å²) in [5, 5.41) is 12.7. The molecule has 1 atom stereocenters. The van der Waals surface area contributed by atoms with Gasteiger partial charge in [-0.2, -0.15) is 0 Å². The minimum atomic E-state index is -0.438. The Morgan fingerprint density at radius 3 is 2.41 bits per heavy atom. The highest BCUT2D eigenvalue weighted by Gasteiger charge is 2.04. The summed E-state index contributed by atoms with van der Waals surface area (Å²) in [5.74, 6) is 0. The van der Waals surface area contributed by atoms with Crippen molar-refractivity contribution < 1.29 is 19.3 Å². The fourth-order valence-electron chi connectivity index (χ4n) is 1.16. The quantitative estimate of drug-likeness (QED) is 0.491. The summed E-state index contributed by atoms with van der Waals surface area (Å²) in [6.45, 7) is 7.57. The molecule has 0 aromatic rings. The molecule has 104 valence electrons. The van der Waals surface area contributed by atoms with E-state index in [-0.39, 0.29) is 0 Å². The van der Waals surface area contributed by atoms with Crippen LogP contribution < -0.4 is 5.32 Å². The van der Waals surface area contributed by atoms with E-state index in [1.54, 1.807) is 7.11 Å². The van der Waals surface area contributed by atoms with Crippen LogP contribution in [0.2, 0.25) is 0 Å². The zero-order chi connectivity index (χ0) is 12.9. The molecule has 0 bridgehead atoms. The van der Waals surface area contributed by atoms with Crippen LogP contribution in [-0.2, 0) is 14.2 Å². The molecule has 0 rings (SSSR count). The lowest BCUT2D eigenvalue weighted by molar-refractivity contribution is 0.0186. The van der Waals surface area contributed by atoms with Crippen molar-refractivity contribution >= 4 is 0 Å². The molecule has 0 amide bonds. The first-order chi connectivity index (χ1) is 8.16. The van der Waals surface area contributed by atoms with Crippen LogP contribution in [0.15, 0.2) is 0 Å². The summed E-state index contributed by atoms with van der Waals surface area (Å²) in [6, 6.07) is 0.388. The van der Waals surface area contributed by atoms with E-state index in [9.17, 15) is 5.11 Å². The predicted molar refractivity (Wildman–Crippen MR) is 67.3 cm³/mol. The van der Waals surface area contributed by atoms with Gasteiger partial charge in [0.25, 0.3) is 0 Å². The van der Waals surface area contributed by atoms with Gasteiger partial charge in [-0.1, -0.05) is 13.8 Å². The second-order valence-electron chi connectivity index (χ2n) is 4.25. The normalized spacial score (nSPS) is 13.2. The topological polar surface area (TPSA) is 60.0 Å². The molecular formula is C12H27NO4. The van der Waals surface area contributed by atoms with E-state index in [2.05, 4.69) is 5.32 Å². The summed E-state index contributed by atoms with van der Waals surface area (Å²) in [7, 11) is 1.65. The van der Waals surface area contributed by atoms with Crippen LogP contribution in [-0.4, -0.2) is 63.9 Å². The average molecular weight is 249 g/mol. The maximum absolute atomic E-state index is 9.54. The van der Waals surface area contributed by atoms with Crippen molar-refractivity contribution in [2.24, 2.45) is 0 Å². The standard InChI is InChI=1S/C12H27NO4/c1-11(2)13-9-12(14)10-17-6-4-5-16-8-7-15-3/h11-14H,4-10H2,1-3H3. The fraction of sp³-hybridized carbons (Fsp3) is 1.00. The molecule has 0 aromatic carbocycles. The summed E-state index contributed by atoms with van der Waals surface area (Å²) in [4.78, 5) is 0. The minimum Gasteiger partial charge on any atom is -0.389 e. The first-order valence-electron chi connectivity index (χ1n) is 6.22. The van der Waals surface area contributed by atoms with Gasteiger partial charge in [0.2, 0.25) is 0 Å². The van der Waals surface area contributed by atoms with Gasteiger partial charge in [-0.25, -0.2) is 0 Å². The molecule has 0 aliphatic rings. The third kappa shape index (κ3) is 13.7. The number of aliphatic hydroxyl groups excluding tert-OH is 1. The monoisotopic (exact) mass is 249 g/mol. The minimum absolute atomic E-state index is 0.373. The Labute approximate surface area is 104 Å².